The molecule has 1 N–H and O–H groups in total. The minimum absolute atomic E-state index is 0.218. The molecule has 2 aromatic rings. The van der Waals surface area contributed by atoms with Gasteiger partial charge in [-0.05, 0) is 43.5 Å². The molecule has 3 nitrogen and oxygen atoms in total. The average Bonchev–Trinajstić information content (AvgIpc) is 2.98. The number of thiazole rings is 1. The van der Waals surface area contributed by atoms with Gasteiger partial charge in [0.1, 0.15) is 10.8 Å². The number of nitrogens with zero attached hydrogens (tertiary/aromatic N) is 1. The summed E-state index contributed by atoms with van der Waals surface area (Å²) in [6.07, 6.45) is 3.93. The highest BCUT2D eigenvalue weighted by Gasteiger charge is 2.13. The molecule has 3 rings (SSSR count). The van der Waals surface area contributed by atoms with Gasteiger partial charge in [0.2, 0.25) is 0 Å². The van der Waals surface area contributed by atoms with Gasteiger partial charge in [-0.3, -0.25) is 0 Å². The number of benzene rings is 1. The number of hydrogen-bond donors (Lipinski definition) is 1. The van der Waals surface area contributed by atoms with Gasteiger partial charge in [-0.15, -0.1) is 11.3 Å². The van der Waals surface area contributed by atoms with Crippen molar-refractivity contribution in [2.75, 3.05) is 13.2 Å². The van der Waals surface area contributed by atoms with E-state index in [1.165, 1.54) is 25.0 Å². The van der Waals surface area contributed by atoms with E-state index in [-0.39, 0.29) is 5.82 Å². The summed E-state index contributed by atoms with van der Waals surface area (Å²) in [5.74, 6) is -0.218. The Morgan fingerprint density at radius 1 is 1.29 bits per heavy atom. The lowest BCUT2D eigenvalue weighted by Gasteiger charge is -2.22. The van der Waals surface area contributed by atoms with Crippen molar-refractivity contribution in [3.05, 3.63) is 41.2 Å². The summed E-state index contributed by atoms with van der Waals surface area (Å²) in [4.78, 5) is 4.59. The number of halogens is 1. The third kappa shape index (κ3) is 4.09. The van der Waals surface area contributed by atoms with Gasteiger partial charge in [0, 0.05) is 30.6 Å². The maximum absolute atomic E-state index is 12.9. The Morgan fingerprint density at radius 2 is 2.14 bits per heavy atom. The van der Waals surface area contributed by atoms with Crippen LogP contribution in [-0.4, -0.2) is 24.2 Å². The fraction of sp³-hybridized carbons (Fsp3) is 0.438. The van der Waals surface area contributed by atoms with Gasteiger partial charge >= 0.3 is 0 Å². The van der Waals surface area contributed by atoms with Crippen molar-refractivity contribution in [1.82, 2.24) is 10.3 Å². The van der Waals surface area contributed by atoms with Gasteiger partial charge in [0.25, 0.3) is 0 Å². The molecular weight excluding hydrogens is 287 g/mol. The summed E-state index contributed by atoms with van der Waals surface area (Å²) >= 11 is 1.59. The summed E-state index contributed by atoms with van der Waals surface area (Å²) < 4.78 is 18.6. The molecular formula is C16H19FN2OS. The molecule has 1 unspecified atom stereocenters. The Morgan fingerprint density at radius 3 is 2.90 bits per heavy atom. The minimum Gasteiger partial charge on any atom is -0.377 e. The highest BCUT2D eigenvalue weighted by atomic mass is 32.1. The van der Waals surface area contributed by atoms with E-state index < -0.39 is 0 Å². The monoisotopic (exact) mass is 306 g/mol. The number of rotatable bonds is 5. The Kier molecular flexibility index (Phi) is 4.95. The van der Waals surface area contributed by atoms with Gasteiger partial charge in [-0.25, -0.2) is 9.37 Å². The number of hydrogen-bond acceptors (Lipinski definition) is 4. The van der Waals surface area contributed by atoms with Crippen molar-refractivity contribution in [3.8, 4) is 10.6 Å². The molecule has 0 saturated carbocycles. The van der Waals surface area contributed by atoms with Gasteiger partial charge in [-0.1, -0.05) is 0 Å². The first kappa shape index (κ1) is 14.6. The van der Waals surface area contributed by atoms with Crippen molar-refractivity contribution in [1.29, 1.82) is 0 Å². The molecule has 5 heteroatoms. The molecule has 21 heavy (non-hydrogen) atoms. The molecule has 0 spiro atoms. The Balaban J connectivity index is 1.51. The van der Waals surface area contributed by atoms with E-state index in [0.29, 0.717) is 6.10 Å². The topological polar surface area (TPSA) is 34.2 Å². The van der Waals surface area contributed by atoms with Crippen molar-refractivity contribution in [2.24, 2.45) is 0 Å². The second-order valence-corrected chi connectivity index (χ2v) is 6.13. The Bertz CT molecular complexity index is 564. The number of nitrogens with one attached hydrogen (secondary N) is 1. The summed E-state index contributed by atoms with van der Waals surface area (Å²) in [6, 6.07) is 6.46. The maximum atomic E-state index is 12.9. The second-order valence-electron chi connectivity index (χ2n) is 5.27. The fourth-order valence-corrected chi connectivity index (χ4v) is 3.27. The molecule has 0 amide bonds. The quantitative estimate of drug-likeness (QED) is 0.916. The van der Waals surface area contributed by atoms with Crippen LogP contribution in [0.15, 0.2) is 29.6 Å². The second kappa shape index (κ2) is 7.11. The minimum atomic E-state index is -0.218. The lowest BCUT2D eigenvalue weighted by atomic mass is 10.1. The zero-order valence-corrected chi connectivity index (χ0v) is 12.7. The van der Waals surface area contributed by atoms with Gasteiger partial charge < -0.3 is 10.1 Å². The molecule has 1 atom stereocenters. The lowest BCUT2D eigenvalue weighted by molar-refractivity contribution is 0.0167. The van der Waals surface area contributed by atoms with E-state index in [0.717, 1.165) is 42.4 Å². The average molecular weight is 306 g/mol. The molecule has 2 heterocycles. The van der Waals surface area contributed by atoms with Crippen LogP contribution in [-0.2, 0) is 11.3 Å². The zero-order chi connectivity index (χ0) is 14.5. The van der Waals surface area contributed by atoms with Gasteiger partial charge in [-0.2, -0.15) is 0 Å². The van der Waals surface area contributed by atoms with Crippen molar-refractivity contribution < 1.29 is 9.13 Å². The number of aromatic nitrogens is 1. The lowest BCUT2D eigenvalue weighted by Crippen LogP contribution is -2.31. The van der Waals surface area contributed by atoms with E-state index >= 15 is 0 Å². The van der Waals surface area contributed by atoms with E-state index in [2.05, 4.69) is 10.3 Å². The molecule has 0 aliphatic carbocycles. The molecule has 0 radical (unpaired) electrons. The zero-order valence-electron chi connectivity index (χ0n) is 11.8. The predicted molar refractivity (Wildman–Crippen MR) is 82.8 cm³/mol. The van der Waals surface area contributed by atoms with Gasteiger partial charge in [0.05, 0.1) is 11.8 Å². The van der Waals surface area contributed by atoms with Crippen LogP contribution >= 0.6 is 11.3 Å². The van der Waals surface area contributed by atoms with E-state index in [9.17, 15) is 4.39 Å². The van der Waals surface area contributed by atoms with Crippen LogP contribution in [0.2, 0.25) is 0 Å². The predicted octanol–water partition coefficient (Wildman–Crippen LogP) is 3.61. The highest BCUT2D eigenvalue weighted by Crippen LogP contribution is 2.23. The Hall–Kier alpha value is -1.30. The van der Waals surface area contributed by atoms with E-state index in [1.807, 2.05) is 5.38 Å². The molecule has 1 aliphatic rings. The number of ether oxygens (including phenoxy) is 1. The molecule has 1 aromatic carbocycles. The van der Waals surface area contributed by atoms with Gasteiger partial charge in [0.15, 0.2) is 0 Å². The van der Waals surface area contributed by atoms with Crippen molar-refractivity contribution in [3.63, 3.8) is 0 Å². The van der Waals surface area contributed by atoms with Crippen LogP contribution in [0.25, 0.3) is 10.6 Å². The maximum Gasteiger partial charge on any atom is 0.123 e. The van der Waals surface area contributed by atoms with Crippen LogP contribution < -0.4 is 5.32 Å². The first-order valence-electron chi connectivity index (χ1n) is 7.34. The SMILES string of the molecule is Fc1ccc(-c2nc(CNCC3CCCCO3)cs2)cc1. The van der Waals surface area contributed by atoms with Crippen LogP contribution in [0.3, 0.4) is 0 Å². The molecule has 1 aromatic heterocycles. The molecule has 112 valence electrons. The van der Waals surface area contributed by atoms with Crippen molar-refractivity contribution in [2.45, 2.75) is 31.9 Å². The normalized spacial score (nSPS) is 18.8. The van der Waals surface area contributed by atoms with E-state index in [4.69, 9.17) is 4.74 Å². The summed E-state index contributed by atoms with van der Waals surface area (Å²) in [6.45, 7) is 2.51. The third-order valence-electron chi connectivity index (χ3n) is 3.60. The van der Waals surface area contributed by atoms with E-state index in [1.54, 1.807) is 23.5 Å². The van der Waals surface area contributed by atoms with Crippen LogP contribution in [0.1, 0.15) is 25.0 Å². The smallest absolute Gasteiger partial charge is 0.123 e. The third-order valence-corrected chi connectivity index (χ3v) is 4.54. The standard InChI is InChI=1S/C16H19FN2OS/c17-13-6-4-12(5-7-13)16-19-14(11-21-16)9-18-10-15-3-1-2-8-20-15/h4-7,11,15,18H,1-3,8-10H2. The first-order valence-corrected chi connectivity index (χ1v) is 8.22. The summed E-state index contributed by atoms with van der Waals surface area (Å²) in [7, 11) is 0. The van der Waals surface area contributed by atoms with Crippen LogP contribution in [0.5, 0.6) is 0 Å². The molecule has 1 aliphatic heterocycles. The highest BCUT2D eigenvalue weighted by molar-refractivity contribution is 7.13. The van der Waals surface area contributed by atoms with Crippen LogP contribution in [0, 0.1) is 5.82 Å². The molecule has 1 fully saturated rings. The Labute approximate surface area is 128 Å². The first-order chi connectivity index (χ1) is 10.3. The summed E-state index contributed by atoms with van der Waals surface area (Å²) in [5, 5.41) is 6.38. The molecule has 1 saturated heterocycles. The molecule has 0 bridgehead atoms. The fourth-order valence-electron chi connectivity index (χ4n) is 2.44. The largest absolute Gasteiger partial charge is 0.377 e. The van der Waals surface area contributed by atoms with Crippen molar-refractivity contribution >= 4 is 11.3 Å². The summed E-state index contributed by atoms with van der Waals surface area (Å²) in [5.41, 5.74) is 1.98. The van der Waals surface area contributed by atoms with Crippen LogP contribution in [0.4, 0.5) is 4.39 Å².